The van der Waals surface area contributed by atoms with Crippen molar-refractivity contribution in [3.63, 3.8) is 0 Å². The normalized spacial score (nSPS) is 11.3. The Morgan fingerprint density at radius 2 is 1.61 bits per heavy atom. The Morgan fingerprint density at radius 1 is 0.903 bits per heavy atom. The van der Waals surface area contributed by atoms with E-state index < -0.39 is 5.41 Å². The Balaban J connectivity index is 1.84. The summed E-state index contributed by atoms with van der Waals surface area (Å²) < 4.78 is 11.9. The lowest BCUT2D eigenvalue weighted by Crippen LogP contribution is -2.31. The van der Waals surface area contributed by atoms with Gasteiger partial charge in [-0.3, -0.25) is 4.79 Å². The van der Waals surface area contributed by atoms with Crippen LogP contribution in [0.5, 0.6) is 11.5 Å². The lowest BCUT2D eigenvalue weighted by Gasteiger charge is -2.24. The van der Waals surface area contributed by atoms with Crippen molar-refractivity contribution in [3.05, 3.63) is 53.6 Å². The lowest BCUT2D eigenvalue weighted by molar-refractivity contribution is -0.124. The zero-order chi connectivity index (χ0) is 22.7. The molecule has 2 aromatic rings. The number of benzene rings is 2. The summed E-state index contributed by atoms with van der Waals surface area (Å²) in [5.74, 6) is 1.66. The zero-order valence-corrected chi connectivity index (χ0v) is 19.9. The number of hydrogen-bond donors (Lipinski definition) is 1. The fourth-order valence-corrected chi connectivity index (χ4v) is 3.37. The van der Waals surface area contributed by atoms with E-state index in [1.807, 2.05) is 38.1 Å². The van der Waals surface area contributed by atoms with E-state index >= 15 is 0 Å². The summed E-state index contributed by atoms with van der Waals surface area (Å²) >= 11 is 0. The highest BCUT2D eigenvalue weighted by molar-refractivity contribution is 5.96. The maximum absolute atomic E-state index is 13.0. The number of nitrogens with one attached hydrogen (secondary N) is 1. The van der Waals surface area contributed by atoms with E-state index in [-0.39, 0.29) is 5.91 Å². The highest BCUT2D eigenvalue weighted by Gasteiger charge is 2.28. The fraction of sp³-hybridized carbons (Fsp3) is 0.519. The lowest BCUT2D eigenvalue weighted by atomic mass is 9.87. The van der Waals surface area contributed by atoms with Gasteiger partial charge in [-0.2, -0.15) is 0 Å². The average molecular weight is 426 g/mol. The molecule has 4 nitrogen and oxygen atoms in total. The minimum Gasteiger partial charge on any atom is -0.493 e. The maximum atomic E-state index is 13.0. The first-order valence-corrected chi connectivity index (χ1v) is 11.6. The summed E-state index contributed by atoms with van der Waals surface area (Å²) in [4.78, 5) is 13.0. The molecule has 2 rings (SSSR count). The van der Waals surface area contributed by atoms with Gasteiger partial charge in [0, 0.05) is 5.41 Å². The minimum absolute atomic E-state index is 0.00118. The van der Waals surface area contributed by atoms with Crippen LogP contribution < -0.4 is 14.8 Å². The molecule has 0 aliphatic rings. The molecule has 0 spiro atoms. The van der Waals surface area contributed by atoms with Crippen molar-refractivity contribution in [1.82, 2.24) is 0 Å². The van der Waals surface area contributed by atoms with Gasteiger partial charge in [-0.1, -0.05) is 64.3 Å². The third-order valence-electron chi connectivity index (χ3n) is 5.55. The topological polar surface area (TPSA) is 47.6 Å². The summed E-state index contributed by atoms with van der Waals surface area (Å²) in [5, 5.41) is 3.07. The molecular weight excluding hydrogens is 386 g/mol. The fourth-order valence-electron chi connectivity index (χ4n) is 3.37. The van der Waals surface area contributed by atoms with Gasteiger partial charge < -0.3 is 14.8 Å². The van der Waals surface area contributed by atoms with Crippen molar-refractivity contribution < 1.29 is 14.3 Å². The molecule has 2 aromatic carbocycles. The first-order chi connectivity index (χ1) is 14.8. The molecule has 31 heavy (non-hydrogen) atoms. The Hall–Kier alpha value is -2.49. The Bertz CT molecular complexity index is 829. The molecule has 0 aliphatic carbocycles. The smallest absolute Gasteiger partial charge is 0.230 e. The second kappa shape index (κ2) is 12.4. The van der Waals surface area contributed by atoms with Crippen LogP contribution in [0.1, 0.15) is 70.4 Å². The largest absolute Gasteiger partial charge is 0.493 e. The number of anilines is 1. The van der Waals surface area contributed by atoms with Crippen molar-refractivity contribution in [3.8, 4) is 11.5 Å². The van der Waals surface area contributed by atoms with E-state index in [9.17, 15) is 4.79 Å². The van der Waals surface area contributed by atoms with Crippen LogP contribution in [0, 0.1) is 19.3 Å². The van der Waals surface area contributed by atoms with Crippen LogP contribution in [-0.4, -0.2) is 19.1 Å². The minimum atomic E-state index is -0.501. The first-order valence-electron chi connectivity index (χ1n) is 11.6. The van der Waals surface area contributed by atoms with Gasteiger partial charge in [-0.15, -0.1) is 0 Å². The van der Waals surface area contributed by atoms with E-state index in [1.165, 1.54) is 24.8 Å². The third kappa shape index (κ3) is 8.28. The van der Waals surface area contributed by atoms with E-state index in [4.69, 9.17) is 9.47 Å². The highest BCUT2D eigenvalue weighted by atomic mass is 16.5. The Labute approximate surface area is 188 Å². The van der Waals surface area contributed by atoms with Crippen LogP contribution in [0.15, 0.2) is 42.5 Å². The van der Waals surface area contributed by atoms with Gasteiger partial charge in [0.1, 0.15) is 11.5 Å². The van der Waals surface area contributed by atoms with Gasteiger partial charge in [0.15, 0.2) is 0 Å². The molecule has 170 valence electrons. The van der Waals surface area contributed by atoms with E-state index in [2.05, 4.69) is 44.3 Å². The summed E-state index contributed by atoms with van der Waals surface area (Å²) in [6, 6.07) is 13.9. The quantitative estimate of drug-likeness (QED) is 0.349. The number of carbonyl (C=O) groups is 1. The van der Waals surface area contributed by atoms with Crippen LogP contribution in [0.4, 0.5) is 5.69 Å². The number of amides is 1. The molecule has 0 saturated heterocycles. The van der Waals surface area contributed by atoms with Crippen molar-refractivity contribution >= 4 is 11.6 Å². The molecule has 0 aromatic heterocycles. The molecule has 0 unspecified atom stereocenters. The number of hydrogen-bond acceptors (Lipinski definition) is 3. The van der Waals surface area contributed by atoms with Crippen molar-refractivity contribution in [2.24, 2.45) is 5.41 Å². The number of unbranched alkanes of at least 4 members (excludes halogenated alkanes) is 3. The van der Waals surface area contributed by atoms with Gasteiger partial charge >= 0.3 is 0 Å². The number of para-hydroxylation sites is 2. The Kier molecular flexibility index (Phi) is 9.90. The highest BCUT2D eigenvalue weighted by Crippen LogP contribution is 2.29. The number of aryl methyl sites for hydroxylation is 2. The predicted molar refractivity (Wildman–Crippen MR) is 129 cm³/mol. The van der Waals surface area contributed by atoms with Gasteiger partial charge in [0.05, 0.1) is 18.9 Å². The number of ether oxygens (including phenoxy) is 2. The first kappa shape index (κ1) is 24.8. The zero-order valence-electron chi connectivity index (χ0n) is 19.9. The SMILES string of the molecule is CCCCCCOc1ccccc1NC(=O)C(C)(C)CCCOc1cc(C)ccc1C. The molecule has 0 radical (unpaired) electrons. The van der Waals surface area contributed by atoms with E-state index in [0.29, 0.717) is 13.2 Å². The molecule has 1 amide bonds. The molecule has 0 heterocycles. The number of rotatable bonds is 13. The summed E-state index contributed by atoms with van der Waals surface area (Å²) in [7, 11) is 0. The van der Waals surface area contributed by atoms with E-state index in [1.54, 1.807) is 0 Å². The molecule has 0 atom stereocenters. The third-order valence-corrected chi connectivity index (χ3v) is 5.55. The molecule has 0 aliphatic heterocycles. The molecule has 0 saturated carbocycles. The van der Waals surface area contributed by atoms with Crippen LogP contribution in [-0.2, 0) is 4.79 Å². The second-order valence-electron chi connectivity index (χ2n) is 8.96. The Morgan fingerprint density at radius 3 is 2.39 bits per heavy atom. The molecule has 1 N–H and O–H groups in total. The summed E-state index contributed by atoms with van der Waals surface area (Å²) in [6.07, 6.45) is 6.18. The van der Waals surface area contributed by atoms with Crippen molar-refractivity contribution in [2.75, 3.05) is 18.5 Å². The molecule has 0 bridgehead atoms. The van der Waals surface area contributed by atoms with Crippen molar-refractivity contribution in [1.29, 1.82) is 0 Å². The molecule has 0 fully saturated rings. The van der Waals surface area contributed by atoms with Crippen LogP contribution in [0.2, 0.25) is 0 Å². The predicted octanol–water partition coefficient (Wildman–Crippen LogP) is 7.09. The monoisotopic (exact) mass is 425 g/mol. The van der Waals surface area contributed by atoms with Gasteiger partial charge in [-0.05, 0) is 62.4 Å². The second-order valence-corrected chi connectivity index (χ2v) is 8.96. The standard InChI is InChI=1S/C27H39NO3/c1-6-7-8-11-18-30-24-14-10-9-13-23(24)28-26(29)27(4,5)17-12-19-31-25-20-21(2)15-16-22(25)3/h9-10,13-16,20H,6-8,11-12,17-19H2,1-5H3,(H,28,29). The van der Waals surface area contributed by atoms with Crippen molar-refractivity contribution in [2.45, 2.75) is 73.1 Å². The van der Waals surface area contributed by atoms with Crippen LogP contribution in [0.25, 0.3) is 0 Å². The summed E-state index contributed by atoms with van der Waals surface area (Å²) in [5.41, 5.74) is 2.56. The van der Waals surface area contributed by atoms with Gasteiger partial charge in [-0.25, -0.2) is 0 Å². The number of carbonyl (C=O) groups excluding carboxylic acids is 1. The molecule has 4 heteroatoms. The molecular formula is C27H39NO3. The maximum Gasteiger partial charge on any atom is 0.230 e. The van der Waals surface area contributed by atoms with E-state index in [0.717, 1.165) is 42.0 Å². The average Bonchev–Trinajstić information content (AvgIpc) is 2.74. The van der Waals surface area contributed by atoms with Gasteiger partial charge in [0.25, 0.3) is 0 Å². The van der Waals surface area contributed by atoms with Crippen LogP contribution >= 0.6 is 0 Å². The van der Waals surface area contributed by atoms with Crippen LogP contribution in [0.3, 0.4) is 0 Å². The summed E-state index contributed by atoms with van der Waals surface area (Å²) in [6.45, 7) is 11.5. The van der Waals surface area contributed by atoms with Gasteiger partial charge in [0.2, 0.25) is 5.91 Å².